The van der Waals surface area contributed by atoms with E-state index in [2.05, 4.69) is 17.2 Å². The molecule has 0 atom stereocenters. The van der Waals surface area contributed by atoms with Crippen LogP contribution in [0.2, 0.25) is 0 Å². The summed E-state index contributed by atoms with van der Waals surface area (Å²) in [5.74, 6) is -0.149. The quantitative estimate of drug-likeness (QED) is 0.851. The highest BCUT2D eigenvalue weighted by atomic mass is 16.2. The highest BCUT2D eigenvalue weighted by Gasteiger charge is 2.13. The zero-order valence-electron chi connectivity index (χ0n) is 14.2. The second-order valence-electron chi connectivity index (χ2n) is 5.57. The van der Waals surface area contributed by atoms with E-state index in [4.69, 9.17) is 0 Å². The lowest BCUT2D eigenvalue weighted by atomic mass is 10.1. The van der Waals surface area contributed by atoms with Crippen molar-refractivity contribution in [1.29, 1.82) is 0 Å². The molecule has 2 amide bonds. The van der Waals surface area contributed by atoms with Crippen molar-refractivity contribution < 1.29 is 9.59 Å². The molecule has 1 N–H and O–H groups in total. The molecule has 0 fully saturated rings. The molecule has 2 rings (SSSR count). The van der Waals surface area contributed by atoms with Gasteiger partial charge in [-0.1, -0.05) is 19.1 Å². The summed E-state index contributed by atoms with van der Waals surface area (Å²) in [6, 6.07) is 11.6. The predicted molar refractivity (Wildman–Crippen MR) is 94.5 cm³/mol. The predicted octanol–water partition coefficient (Wildman–Crippen LogP) is 2.70. The second-order valence-corrected chi connectivity index (χ2v) is 5.57. The number of benzene rings is 1. The molecule has 0 radical (unpaired) electrons. The van der Waals surface area contributed by atoms with E-state index in [0.29, 0.717) is 13.1 Å². The van der Waals surface area contributed by atoms with Gasteiger partial charge in [0.15, 0.2) is 0 Å². The molecule has 0 aliphatic heterocycles. The summed E-state index contributed by atoms with van der Waals surface area (Å²) in [6.45, 7) is 4.43. The Morgan fingerprint density at radius 2 is 1.71 bits per heavy atom. The SMILES string of the molecule is CCc1ccc(N(CCC(=O)NCc2ccncc2)C(C)=O)cc1. The number of hydrogen-bond donors (Lipinski definition) is 1. The Morgan fingerprint density at radius 3 is 2.29 bits per heavy atom. The highest BCUT2D eigenvalue weighted by Crippen LogP contribution is 2.16. The van der Waals surface area contributed by atoms with Gasteiger partial charge in [0.1, 0.15) is 0 Å². The molecule has 1 aromatic carbocycles. The lowest BCUT2D eigenvalue weighted by molar-refractivity contribution is -0.121. The molecule has 0 unspecified atom stereocenters. The average Bonchev–Trinajstić information content (AvgIpc) is 2.61. The minimum absolute atomic E-state index is 0.0683. The number of nitrogens with zero attached hydrogens (tertiary/aromatic N) is 2. The third-order valence-electron chi connectivity index (χ3n) is 3.84. The van der Waals surface area contributed by atoms with Crippen LogP contribution in [0.4, 0.5) is 5.69 Å². The summed E-state index contributed by atoms with van der Waals surface area (Å²) >= 11 is 0. The fourth-order valence-electron chi connectivity index (χ4n) is 2.38. The van der Waals surface area contributed by atoms with Gasteiger partial charge >= 0.3 is 0 Å². The Kier molecular flexibility index (Phi) is 6.49. The maximum Gasteiger partial charge on any atom is 0.223 e. The van der Waals surface area contributed by atoms with E-state index in [9.17, 15) is 9.59 Å². The fraction of sp³-hybridized carbons (Fsp3) is 0.316. The maximum absolute atomic E-state index is 12.0. The van der Waals surface area contributed by atoms with Gasteiger partial charge < -0.3 is 10.2 Å². The molecule has 5 heteroatoms. The molecule has 2 aromatic rings. The summed E-state index contributed by atoms with van der Waals surface area (Å²) in [7, 11) is 0. The molecule has 126 valence electrons. The molecule has 0 saturated heterocycles. The minimum atomic E-state index is -0.0803. The number of nitrogens with one attached hydrogen (secondary N) is 1. The fourth-order valence-corrected chi connectivity index (χ4v) is 2.38. The maximum atomic E-state index is 12.0. The molecule has 5 nitrogen and oxygen atoms in total. The Labute approximate surface area is 142 Å². The topological polar surface area (TPSA) is 62.3 Å². The first-order valence-corrected chi connectivity index (χ1v) is 8.12. The average molecular weight is 325 g/mol. The van der Waals surface area contributed by atoms with Crippen LogP contribution >= 0.6 is 0 Å². The molecule has 0 saturated carbocycles. The molecule has 0 aliphatic carbocycles. The summed E-state index contributed by atoms with van der Waals surface area (Å²) in [4.78, 5) is 29.5. The number of amides is 2. The molecule has 24 heavy (non-hydrogen) atoms. The van der Waals surface area contributed by atoms with Gasteiger partial charge in [0, 0.05) is 44.5 Å². The number of carbonyl (C=O) groups excluding carboxylic acids is 2. The van der Waals surface area contributed by atoms with Crippen molar-refractivity contribution in [3.63, 3.8) is 0 Å². The zero-order valence-corrected chi connectivity index (χ0v) is 14.2. The molecule has 0 bridgehead atoms. The van der Waals surface area contributed by atoms with E-state index in [1.807, 2.05) is 36.4 Å². The van der Waals surface area contributed by atoms with Crippen molar-refractivity contribution in [3.8, 4) is 0 Å². The summed E-state index contributed by atoms with van der Waals surface area (Å²) in [6.07, 6.45) is 4.61. The van der Waals surface area contributed by atoms with Crippen LogP contribution in [0, 0.1) is 0 Å². The molecular formula is C19H23N3O2. The van der Waals surface area contributed by atoms with E-state index >= 15 is 0 Å². The Balaban J connectivity index is 1.88. The van der Waals surface area contributed by atoms with Gasteiger partial charge in [0.2, 0.25) is 11.8 Å². The van der Waals surface area contributed by atoms with Gasteiger partial charge in [-0.2, -0.15) is 0 Å². The van der Waals surface area contributed by atoms with E-state index in [0.717, 1.165) is 17.7 Å². The normalized spacial score (nSPS) is 10.2. The zero-order chi connectivity index (χ0) is 17.4. The van der Waals surface area contributed by atoms with Crippen LogP contribution in [0.1, 0.15) is 31.4 Å². The monoisotopic (exact) mass is 325 g/mol. The number of carbonyl (C=O) groups is 2. The Bertz CT molecular complexity index is 669. The van der Waals surface area contributed by atoms with Crippen LogP contribution in [-0.4, -0.2) is 23.3 Å². The van der Waals surface area contributed by atoms with Crippen molar-refractivity contribution in [2.45, 2.75) is 33.2 Å². The highest BCUT2D eigenvalue weighted by molar-refractivity contribution is 5.92. The van der Waals surface area contributed by atoms with Gasteiger partial charge in [-0.05, 0) is 41.8 Å². The van der Waals surface area contributed by atoms with E-state index in [-0.39, 0.29) is 18.2 Å². The third kappa shape index (κ3) is 5.19. The summed E-state index contributed by atoms with van der Waals surface area (Å²) < 4.78 is 0. The lowest BCUT2D eigenvalue weighted by Gasteiger charge is -2.21. The minimum Gasteiger partial charge on any atom is -0.352 e. The van der Waals surface area contributed by atoms with Crippen LogP contribution in [0.3, 0.4) is 0 Å². The van der Waals surface area contributed by atoms with Crippen molar-refractivity contribution in [2.75, 3.05) is 11.4 Å². The summed E-state index contributed by atoms with van der Waals surface area (Å²) in [5, 5.41) is 2.86. The Hall–Kier alpha value is -2.69. The van der Waals surface area contributed by atoms with Crippen LogP contribution in [0.25, 0.3) is 0 Å². The molecule has 0 aliphatic rings. The third-order valence-corrected chi connectivity index (χ3v) is 3.84. The lowest BCUT2D eigenvalue weighted by Crippen LogP contribution is -2.33. The molecule has 0 spiro atoms. The number of hydrogen-bond acceptors (Lipinski definition) is 3. The first kappa shape index (κ1) is 17.7. The standard InChI is InChI=1S/C19H23N3O2/c1-3-16-4-6-18(7-5-16)22(15(2)23)13-10-19(24)21-14-17-8-11-20-12-9-17/h4-9,11-12H,3,10,13-14H2,1-2H3,(H,21,24). The molecular weight excluding hydrogens is 302 g/mol. The number of rotatable bonds is 7. The first-order chi connectivity index (χ1) is 11.6. The van der Waals surface area contributed by atoms with E-state index in [1.54, 1.807) is 17.3 Å². The smallest absolute Gasteiger partial charge is 0.223 e. The van der Waals surface area contributed by atoms with Crippen molar-refractivity contribution in [1.82, 2.24) is 10.3 Å². The van der Waals surface area contributed by atoms with Crippen molar-refractivity contribution in [2.24, 2.45) is 0 Å². The first-order valence-electron chi connectivity index (χ1n) is 8.12. The number of aromatic nitrogens is 1. The molecule has 1 aromatic heterocycles. The van der Waals surface area contributed by atoms with E-state index in [1.165, 1.54) is 12.5 Å². The van der Waals surface area contributed by atoms with Crippen molar-refractivity contribution in [3.05, 3.63) is 59.9 Å². The van der Waals surface area contributed by atoms with Crippen LogP contribution in [0.15, 0.2) is 48.8 Å². The number of pyridine rings is 1. The van der Waals surface area contributed by atoms with Gasteiger partial charge in [-0.15, -0.1) is 0 Å². The number of aryl methyl sites for hydroxylation is 1. The van der Waals surface area contributed by atoms with Crippen LogP contribution < -0.4 is 10.2 Å². The van der Waals surface area contributed by atoms with Crippen molar-refractivity contribution >= 4 is 17.5 Å². The second kappa shape index (κ2) is 8.82. The van der Waals surface area contributed by atoms with Gasteiger partial charge in [0.05, 0.1) is 0 Å². The molecule has 1 heterocycles. The van der Waals surface area contributed by atoms with Crippen LogP contribution in [0.5, 0.6) is 0 Å². The van der Waals surface area contributed by atoms with Gasteiger partial charge in [0.25, 0.3) is 0 Å². The van der Waals surface area contributed by atoms with Crippen LogP contribution in [-0.2, 0) is 22.6 Å². The largest absolute Gasteiger partial charge is 0.352 e. The van der Waals surface area contributed by atoms with Gasteiger partial charge in [-0.3, -0.25) is 14.6 Å². The Morgan fingerprint density at radius 1 is 1.04 bits per heavy atom. The summed E-state index contributed by atoms with van der Waals surface area (Å²) in [5.41, 5.74) is 3.04. The van der Waals surface area contributed by atoms with Gasteiger partial charge in [-0.25, -0.2) is 0 Å². The van der Waals surface area contributed by atoms with E-state index < -0.39 is 0 Å². The number of anilines is 1.